The second-order valence-corrected chi connectivity index (χ2v) is 5.29. The van der Waals surface area contributed by atoms with Crippen molar-refractivity contribution in [2.24, 2.45) is 0 Å². The summed E-state index contributed by atoms with van der Waals surface area (Å²) in [5.41, 5.74) is 1.37. The van der Waals surface area contributed by atoms with Gasteiger partial charge in [0.25, 0.3) is 0 Å². The van der Waals surface area contributed by atoms with Gasteiger partial charge < -0.3 is 24.3 Å². The summed E-state index contributed by atoms with van der Waals surface area (Å²) in [6.45, 7) is -0.167. The van der Waals surface area contributed by atoms with Crippen LogP contribution in [0.5, 0.6) is 17.2 Å². The van der Waals surface area contributed by atoms with E-state index >= 15 is 0 Å². The molecular weight excluding hydrogens is 338 g/mol. The van der Waals surface area contributed by atoms with E-state index in [2.05, 4.69) is 10.1 Å². The lowest BCUT2D eigenvalue weighted by Crippen LogP contribution is -2.15. The number of anilines is 1. The molecule has 0 radical (unpaired) electrons. The molecule has 0 bridgehead atoms. The normalized spacial score (nSPS) is 9.96. The van der Waals surface area contributed by atoms with Gasteiger partial charge in [0.2, 0.25) is 5.91 Å². The van der Waals surface area contributed by atoms with Crippen molar-refractivity contribution < 1.29 is 28.5 Å². The molecule has 0 aromatic heterocycles. The van der Waals surface area contributed by atoms with Crippen molar-refractivity contribution in [1.29, 1.82) is 0 Å². The molecule has 0 saturated carbocycles. The number of benzene rings is 2. The molecule has 0 aliphatic heterocycles. The molecule has 0 aliphatic rings. The van der Waals surface area contributed by atoms with Crippen molar-refractivity contribution in [3.63, 3.8) is 0 Å². The van der Waals surface area contributed by atoms with Gasteiger partial charge in [0, 0.05) is 17.3 Å². The first-order valence-electron chi connectivity index (χ1n) is 7.86. The first-order chi connectivity index (χ1) is 12.5. The summed E-state index contributed by atoms with van der Waals surface area (Å²) in [7, 11) is 4.41. The molecule has 7 heteroatoms. The van der Waals surface area contributed by atoms with Crippen LogP contribution in [0.3, 0.4) is 0 Å². The Hall–Kier alpha value is -3.22. The zero-order valence-electron chi connectivity index (χ0n) is 14.9. The van der Waals surface area contributed by atoms with Crippen molar-refractivity contribution in [2.75, 3.05) is 33.3 Å². The zero-order valence-corrected chi connectivity index (χ0v) is 14.9. The molecule has 26 heavy (non-hydrogen) atoms. The summed E-state index contributed by atoms with van der Waals surface area (Å²) in [6.07, 6.45) is 0.160. The number of rotatable bonds is 8. The highest BCUT2D eigenvalue weighted by Gasteiger charge is 2.10. The Kier molecular flexibility index (Phi) is 6.84. The first kappa shape index (κ1) is 19.1. The largest absolute Gasteiger partial charge is 0.497 e. The highest BCUT2D eigenvalue weighted by Crippen LogP contribution is 2.25. The molecule has 0 saturated heterocycles. The van der Waals surface area contributed by atoms with Crippen molar-refractivity contribution in [3.05, 3.63) is 48.0 Å². The van der Waals surface area contributed by atoms with Gasteiger partial charge in [-0.3, -0.25) is 4.79 Å². The smallest absolute Gasteiger partial charge is 0.343 e. The quantitative estimate of drug-likeness (QED) is 0.729. The molecule has 2 aromatic rings. The second kappa shape index (κ2) is 9.31. The zero-order chi connectivity index (χ0) is 18.9. The summed E-state index contributed by atoms with van der Waals surface area (Å²) >= 11 is 0. The summed E-state index contributed by atoms with van der Waals surface area (Å²) in [6, 6.07) is 12.0. The van der Waals surface area contributed by atoms with Gasteiger partial charge >= 0.3 is 5.97 Å². The van der Waals surface area contributed by atoms with Crippen LogP contribution in [0.15, 0.2) is 42.5 Å². The van der Waals surface area contributed by atoms with Crippen molar-refractivity contribution in [3.8, 4) is 17.2 Å². The Morgan fingerprint density at radius 2 is 1.62 bits per heavy atom. The third kappa shape index (κ3) is 5.41. The van der Waals surface area contributed by atoms with Crippen molar-refractivity contribution >= 4 is 17.6 Å². The molecule has 2 aromatic carbocycles. The number of ether oxygens (including phenoxy) is 4. The Morgan fingerprint density at radius 1 is 0.923 bits per heavy atom. The molecule has 0 atom stereocenters. The lowest BCUT2D eigenvalue weighted by atomic mass is 10.1. The number of nitrogens with one attached hydrogen (secondary N) is 1. The Bertz CT molecular complexity index is 757. The van der Waals surface area contributed by atoms with E-state index in [-0.39, 0.29) is 18.9 Å². The molecule has 2 rings (SSSR count). The van der Waals surface area contributed by atoms with Gasteiger partial charge in [-0.1, -0.05) is 6.07 Å². The fraction of sp³-hybridized carbons (Fsp3) is 0.263. The minimum absolute atomic E-state index is 0.160. The fourth-order valence-electron chi connectivity index (χ4n) is 2.21. The topological polar surface area (TPSA) is 83.1 Å². The van der Waals surface area contributed by atoms with E-state index in [1.807, 2.05) is 0 Å². The summed E-state index contributed by atoms with van der Waals surface area (Å²) in [5.74, 6) is 1.11. The Morgan fingerprint density at radius 3 is 2.23 bits per heavy atom. The minimum Gasteiger partial charge on any atom is -0.497 e. The van der Waals surface area contributed by atoms with Crippen LogP contribution >= 0.6 is 0 Å². The number of methoxy groups -OCH3 is 3. The minimum atomic E-state index is -0.462. The number of amides is 1. The van der Waals surface area contributed by atoms with E-state index < -0.39 is 5.97 Å². The molecule has 138 valence electrons. The molecule has 7 nitrogen and oxygen atoms in total. The molecule has 0 aliphatic carbocycles. The monoisotopic (exact) mass is 359 g/mol. The third-order valence-electron chi connectivity index (χ3n) is 3.57. The van der Waals surface area contributed by atoms with Crippen LogP contribution in [0.1, 0.15) is 5.56 Å². The SMILES string of the molecule is COC(=O)COc1ccc(NC(=O)Cc2ccc(OC)cc2OC)cc1. The van der Waals surface area contributed by atoms with E-state index in [4.69, 9.17) is 14.2 Å². The van der Waals surface area contributed by atoms with Gasteiger partial charge in [0.15, 0.2) is 6.61 Å². The van der Waals surface area contributed by atoms with Gasteiger partial charge in [-0.05, 0) is 30.3 Å². The Balaban J connectivity index is 1.94. The van der Waals surface area contributed by atoms with E-state index in [1.165, 1.54) is 7.11 Å². The third-order valence-corrected chi connectivity index (χ3v) is 3.57. The van der Waals surface area contributed by atoms with Crippen molar-refractivity contribution in [1.82, 2.24) is 0 Å². The number of hydrogen-bond donors (Lipinski definition) is 1. The molecule has 0 unspecified atom stereocenters. The van der Waals surface area contributed by atoms with Gasteiger partial charge in [0.05, 0.1) is 27.8 Å². The number of carbonyl (C=O) groups excluding carboxylic acids is 2. The van der Waals surface area contributed by atoms with Crippen LogP contribution in [0.4, 0.5) is 5.69 Å². The highest BCUT2D eigenvalue weighted by atomic mass is 16.6. The average Bonchev–Trinajstić information content (AvgIpc) is 2.67. The van der Waals surface area contributed by atoms with E-state index in [0.29, 0.717) is 22.9 Å². The van der Waals surface area contributed by atoms with Crippen LogP contribution in [0.25, 0.3) is 0 Å². The van der Waals surface area contributed by atoms with E-state index in [1.54, 1.807) is 56.7 Å². The van der Waals surface area contributed by atoms with Crippen molar-refractivity contribution in [2.45, 2.75) is 6.42 Å². The number of carbonyl (C=O) groups is 2. The van der Waals surface area contributed by atoms with Crippen LogP contribution < -0.4 is 19.5 Å². The molecule has 1 amide bonds. The van der Waals surface area contributed by atoms with E-state index in [9.17, 15) is 9.59 Å². The lowest BCUT2D eigenvalue weighted by molar-refractivity contribution is -0.142. The van der Waals surface area contributed by atoms with Gasteiger partial charge in [0.1, 0.15) is 17.2 Å². The number of esters is 1. The molecule has 0 spiro atoms. The highest BCUT2D eigenvalue weighted by molar-refractivity contribution is 5.92. The lowest BCUT2D eigenvalue weighted by Gasteiger charge is -2.11. The fourth-order valence-corrected chi connectivity index (χ4v) is 2.21. The van der Waals surface area contributed by atoms with Gasteiger partial charge in [-0.15, -0.1) is 0 Å². The predicted octanol–water partition coefficient (Wildman–Crippen LogP) is 2.44. The summed E-state index contributed by atoms with van der Waals surface area (Å²) < 4.78 is 20.2. The average molecular weight is 359 g/mol. The number of hydrogen-bond acceptors (Lipinski definition) is 6. The maximum Gasteiger partial charge on any atom is 0.343 e. The predicted molar refractivity (Wildman–Crippen MR) is 95.8 cm³/mol. The van der Waals surface area contributed by atoms with Gasteiger partial charge in [-0.2, -0.15) is 0 Å². The van der Waals surface area contributed by atoms with Gasteiger partial charge in [-0.25, -0.2) is 4.79 Å². The Labute approximate surface area is 151 Å². The molecule has 0 heterocycles. The first-order valence-corrected chi connectivity index (χ1v) is 7.86. The standard InChI is InChI=1S/C19H21NO6/c1-23-16-7-4-13(17(11-16)24-2)10-18(21)20-14-5-8-15(9-6-14)26-12-19(22)25-3/h4-9,11H,10,12H2,1-3H3,(H,20,21). The second-order valence-electron chi connectivity index (χ2n) is 5.29. The van der Waals surface area contributed by atoms with Crippen LogP contribution in [-0.4, -0.2) is 39.8 Å². The maximum absolute atomic E-state index is 12.3. The molecule has 0 fully saturated rings. The summed E-state index contributed by atoms with van der Waals surface area (Å²) in [4.78, 5) is 23.3. The van der Waals surface area contributed by atoms with Crippen LogP contribution in [0, 0.1) is 0 Å². The van der Waals surface area contributed by atoms with Crippen LogP contribution in [-0.2, 0) is 20.7 Å². The van der Waals surface area contributed by atoms with Crippen LogP contribution in [0.2, 0.25) is 0 Å². The van der Waals surface area contributed by atoms with E-state index in [0.717, 1.165) is 5.56 Å². The molecule has 1 N–H and O–H groups in total. The summed E-state index contributed by atoms with van der Waals surface area (Å²) in [5, 5.41) is 2.80. The molecular formula is C19H21NO6. The maximum atomic E-state index is 12.3.